The number of aromatic nitrogens is 1. The van der Waals surface area contributed by atoms with Gasteiger partial charge in [0.2, 0.25) is 15.0 Å². The van der Waals surface area contributed by atoms with Crippen molar-refractivity contribution in [2.45, 2.75) is 6.42 Å². The first-order chi connectivity index (χ1) is 10.3. The molecule has 1 aliphatic rings. The Labute approximate surface area is 148 Å². The highest BCUT2D eigenvalue weighted by Crippen LogP contribution is 2.37. The lowest BCUT2D eigenvalue weighted by Gasteiger charge is -2.12. The lowest BCUT2D eigenvalue weighted by Crippen LogP contribution is -2.25. The summed E-state index contributed by atoms with van der Waals surface area (Å²) in [6, 6.07) is 1.95. The summed E-state index contributed by atoms with van der Waals surface area (Å²) in [7, 11) is 1.67. The van der Waals surface area contributed by atoms with Gasteiger partial charge in [0.05, 0.1) is 16.3 Å². The molecule has 2 aromatic heterocycles. The van der Waals surface area contributed by atoms with Gasteiger partial charge in [0.15, 0.2) is 5.13 Å². The monoisotopic (exact) mass is 440 g/mol. The molecule has 0 bridgehead atoms. The summed E-state index contributed by atoms with van der Waals surface area (Å²) in [5, 5.41) is 4.45. The van der Waals surface area contributed by atoms with Gasteiger partial charge in [-0.3, -0.25) is 9.69 Å². The normalized spacial score (nSPS) is 19.1. The number of anilines is 1. The summed E-state index contributed by atoms with van der Waals surface area (Å²) in [5.74, 6) is -0.585. The van der Waals surface area contributed by atoms with Gasteiger partial charge >= 0.3 is 0 Å². The smallest absolute Gasteiger partial charge is 0.232 e. The zero-order chi connectivity index (χ0) is 15.9. The Morgan fingerprint density at radius 2 is 2.23 bits per heavy atom. The van der Waals surface area contributed by atoms with E-state index < -0.39 is 9.05 Å². The fourth-order valence-corrected chi connectivity index (χ4v) is 6.10. The van der Waals surface area contributed by atoms with Gasteiger partial charge in [-0.15, -0.1) is 22.7 Å². The quantitative estimate of drug-likeness (QED) is 0.680. The minimum absolute atomic E-state index is 0.114. The molecule has 118 valence electrons. The predicted molar refractivity (Wildman–Crippen MR) is 93.2 cm³/mol. The maximum absolute atomic E-state index is 12.1. The molecule has 1 atom stereocenters. The number of rotatable bonds is 4. The molecule has 3 heterocycles. The molecule has 2 aromatic rings. The number of carbonyl (C=O) groups excluding carboxylic acids is 1. The van der Waals surface area contributed by atoms with Crippen LogP contribution in [0.1, 0.15) is 6.42 Å². The number of carbonyl (C=O) groups is 1. The molecule has 0 saturated carbocycles. The molecule has 0 N–H and O–H groups in total. The maximum Gasteiger partial charge on any atom is 0.232 e. The van der Waals surface area contributed by atoms with E-state index in [4.69, 9.17) is 10.7 Å². The van der Waals surface area contributed by atoms with Crippen LogP contribution in [0, 0.1) is 5.92 Å². The largest absolute Gasteiger partial charge is 0.288 e. The lowest BCUT2D eigenvalue weighted by molar-refractivity contribution is -0.117. The standard InChI is InChI=1S/C12H10BrClN2O3S3/c13-8-1-2-20-11(8)9-5-21-12(15-9)16-4-7(3-10(16)17)6-22(14,18)19/h1-2,5,7H,3-4,6H2. The van der Waals surface area contributed by atoms with Crippen molar-refractivity contribution in [3.8, 4) is 10.6 Å². The fourth-order valence-electron chi connectivity index (χ4n) is 2.33. The van der Waals surface area contributed by atoms with Gasteiger partial charge in [-0.05, 0) is 27.4 Å². The third-order valence-electron chi connectivity index (χ3n) is 3.21. The molecule has 1 unspecified atom stereocenters. The summed E-state index contributed by atoms with van der Waals surface area (Å²) < 4.78 is 23.3. The van der Waals surface area contributed by atoms with Crippen LogP contribution < -0.4 is 4.90 Å². The second-order valence-electron chi connectivity index (χ2n) is 4.89. The average Bonchev–Trinajstić information content (AvgIpc) is 3.07. The van der Waals surface area contributed by atoms with Gasteiger partial charge in [0.25, 0.3) is 0 Å². The number of halogens is 2. The van der Waals surface area contributed by atoms with Crippen molar-refractivity contribution in [1.29, 1.82) is 0 Å². The average molecular weight is 442 g/mol. The molecule has 0 aliphatic carbocycles. The van der Waals surface area contributed by atoms with E-state index in [-0.39, 0.29) is 24.0 Å². The van der Waals surface area contributed by atoms with Crippen molar-refractivity contribution >= 4 is 69.4 Å². The molecular formula is C12H10BrClN2O3S3. The SMILES string of the molecule is O=C1CC(CS(=O)(=O)Cl)CN1c1nc(-c2sccc2Br)cs1. The number of thiophene rings is 1. The number of hydrogen-bond donors (Lipinski definition) is 0. The van der Waals surface area contributed by atoms with E-state index in [1.807, 2.05) is 16.8 Å². The second kappa shape index (κ2) is 6.20. The van der Waals surface area contributed by atoms with Crippen LogP contribution in [0.2, 0.25) is 0 Å². The molecule has 1 aliphatic heterocycles. The number of hydrogen-bond acceptors (Lipinski definition) is 6. The highest BCUT2D eigenvalue weighted by atomic mass is 79.9. The minimum Gasteiger partial charge on any atom is -0.288 e. The zero-order valence-electron chi connectivity index (χ0n) is 11.0. The Hall–Kier alpha value is -0.480. The lowest BCUT2D eigenvalue weighted by atomic mass is 10.1. The van der Waals surface area contributed by atoms with Crippen LogP contribution in [0.25, 0.3) is 10.6 Å². The Kier molecular flexibility index (Phi) is 4.61. The molecule has 0 spiro atoms. The van der Waals surface area contributed by atoms with Crippen LogP contribution in [-0.2, 0) is 13.8 Å². The Morgan fingerprint density at radius 3 is 2.86 bits per heavy atom. The van der Waals surface area contributed by atoms with E-state index in [1.165, 1.54) is 11.3 Å². The van der Waals surface area contributed by atoms with Crippen molar-refractivity contribution in [2.75, 3.05) is 17.2 Å². The van der Waals surface area contributed by atoms with Crippen molar-refractivity contribution < 1.29 is 13.2 Å². The van der Waals surface area contributed by atoms with Crippen molar-refractivity contribution in [3.63, 3.8) is 0 Å². The molecule has 1 saturated heterocycles. The van der Waals surface area contributed by atoms with Gasteiger partial charge in [0, 0.05) is 39.4 Å². The van der Waals surface area contributed by atoms with Crippen molar-refractivity contribution in [1.82, 2.24) is 4.98 Å². The third kappa shape index (κ3) is 3.53. The van der Waals surface area contributed by atoms with Gasteiger partial charge in [-0.25, -0.2) is 13.4 Å². The first-order valence-electron chi connectivity index (χ1n) is 6.25. The van der Waals surface area contributed by atoms with Gasteiger partial charge in [-0.1, -0.05) is 0 Å². The molecule has 10 heteroatoms. The highest BCUT2D eigenvalue weighted by Gasteiger charge is 2.34. The minimum atomic E-state index is -3.60. The summed E-state index contributed by atoms with van der Waals surface area (Å²) >= 11 is 6.40. The zero-order valence-corrected chi connectivity index (χ0v) is 15.8. The van der Waals surface area contributed by atoms with Crippen LogP contribution in [0.4, 0.5) is 5.13 Å². The Balaban J connectivity index is 1.79. The van der Waals surface area contributed by atoms with Crippen molar-refractivity contribution in [2.24, 2.45) is 5.92 Å². The van der Waals surface area contributed by atoms with Crippen LogP contribution in [0.5, 0.6) is 0 Å². The van der Waals surface area contributed by atoms with Crippen LogP contribution in [-0.4, -0.2) is 31.6 Å². The van der Waals surface area contributed by atoms with Gasteiger partial charge in [-0.2, -0.15) is 0 Å². The predicted octanol–water partition coefficient (Wildman–Crippen LogP) is 3.56. The molecule has 3 rings (SSSR count). The van der Waals surface area contributed by atoms with Crippen LogP contribution in [0.3, 0.4) is 0 Å². The summed E-state index contributed by atoms with van der Waals surface area (Å²) in [6.07, 6.45) is 0.184. The molecule has 0 aromatic carbocycles. The molecule has 5 nitrogen and oxygen atoms in total. The summed E-state index contributed by atoms with van der Waals surface area (Å²) in [6.45, 7) is 0.337. The molecular weight excluding hydrogens is 432 g/mol. The summed E-state index contributed by atoms with van der Waals surface area (Å²) in [5.41, 5.74) is 0.808. The van der Waals surface area contributed by atoms with E-state index >= 15 is 0 Å². The summed E-state index contributed by atoms with van der Waals surface area (Å²) in [4.78, 5) is 19.1. The number of thiazole rings is 1. The van der Waals surface area contributed by atoms with E-state index in [1.54, 1.807) is 16.2 Å². The van der Waals surface area contributed by atoms with Crippen molar-refractivity contribution in [3.05, 3.63) is 21.3 Å². The molecule has 1 amide bonds. The molecule has 1 fully saturated rings. The molecule has 0 radical (unpaired) electrons. The number of amides is 1. The van der Waals surface area contributed by atoms with E-state index in [0.717, 1.165) is 15.0 Å². The van der Waals surface area contributed by atoms with Crippen LogP contribution >= 0.6 is 49.3 Å². The fraction of sp³-hybridized carbons (Fsp3) is 0.333. The first kappa shape index (κ1) is 16.4. The Bertz CT molecular complexity index is 817. The number of nitrogens with zero attached hydrogens (tertiary/aromatic N) is 2. The Morgan fingerprint density at radius 1 is 1.45 bits per heavy atom. The topological polar surface area (TPSA) is 67.3 Å². The maximum atomic E-state index is 12.1. The second-order valence-corrected chi connectivity index (χ2v) is 10.3. The van der Waals surface area contributed by atoms with Crippen LogP contribution in [0.15, 0.2) is 21.3 Å². The van der Waals surface area contributed by atoms with E-state index in [9.17, 15) is 13.2 Å². The third-order valence-corrected chi connectivity index (χ3v) is 7.18. The molecule has 22 heavy (non-hydrogen) atoms. The van der Waals surface area contributed by atoms with E-state index in [2.05, 4.69) is 20.9 Å². The first-order valence-corrected chi connectivity index (χ1v) is 11.3. The highest BCUT2D eigenvalue weighted by molar-refractivity contribution is 9.10. The van der Waals surface area contributed by atoms with Gasteiger partial charge in [0.1, 0.15) is 0 Å². The van der Waals surface area contributed by atoms with Gasteiger partial charge < -0.3 is 0 Å². The van der Waals surface area contributed by atoms with E-state index in [0.29, 0.717) is 11.7 Å².